The summed E-state index contributed by atoms with van der Waals surface area (Å²) in [5.41, 5.74) is 0.862. The predicted molar refractivity (Wildman–Crippen MR) is 150 cm³/mol. The van der Waals surface area contributed by atoms with Gasteiger partial charge in [-0.05, 0) is 67.6 Å². The number of halogens is 2. The van der Waals surface area contributed by atoms with Crippen molar-refractivity contribution in [2.45, 2.75) is 20.8 Å². The summed E-state index contributed by atoms with van der Waals surface area (Å²) in [6, 6.07) is 15.4. The second kappa shape index (κ2) is 11.0. The number of nitrogens with zero attached hydrogens (tertiary/aromatic N) is 3. The number of anilines is 2. The third kappa shape index (κ3) is 5.83. The Hall–Kier alpha value is -5.32. The van der Waals surface area contributed by atoms with Gasteiger partial charge in [0.15, 0.2) is 17.4 Å². The van der Waals surface area contributed by atoms with E-state index in [1.807, 2.05) is 0 Å². The van der Waals surface area contributed by atoms with E-state index in [0.29, 0.717) is 28.6 Å². The number of amides is 2. The van der Waals surface area contributed by atoms with Gasteiger partial charge in [0.25, 0.3) is 11.5 Å². The van der Waals surface area contributed by atoms with Crippen LogP contribution >= 0.6 is 0 Å². The Morgan fingerprint density at radius 2 is 1.68 bits per heavy atom. The lowest BCUT2D eigenvalue weighted by Crippen LogP contribution is -2.29. The lowest BCUT2D eigenvalue weighted by molar-refractivity contribution is -0.118. The van der Waals surface area contributed by atoms with Crippen LogP contribution in [0, 0.1) is 24.5 Å². The van der Waals surface area contributed by atoms with Crippen LogP contribution in [0.4, 0.5) is 20.3 Å². The summed E-state index contributed by atoms with van der Waals surface area (Å²) in [7, 11) is 0. The molecular weight excluding hydrogens is 532 g/mol. The Kier molecular flexibility index (Phi) is 7.34. The Balaban J connectivity index is 1.32. The molecule has 0 aliphatic heterocycles. The molecule has 0 atom stereocenters. The highest BCUT2D eigenvalue weighted by Crippen LogP contribution is 2.27. The minimum Gasteiger partial charge on any atom is -0.453 e. The van der Waals surface area contributed by atoms with Gasteiger partial charge in [-0.1, -0.05) is 13.8 Å². The zero-order chi connectivity index (χ0) is 29.3. The highest BCUT2D eigenvalue weighted by Gasteiger charge is 2.17. The largest absolute Gasteiger partial charge is 0.453 e. The number of rotatable bonds is 7. The number of hydrogen-bond donors (Lipinski definition) is 2. The van der Waals surface area contributed by atoms with Crippen molar-refractivity contribution in [2.24, 2.45) is 5.92 Å². The second-order valence-corrected chi connectivity index (χ2v) is 9.61. The standard InChI is InChI=1S/C30H25F2N5O4/c1-17(2)28(38)35-26-16-36-15-22(10-13-27(36)34-26)41-25-12-7-20(14-24(25)32)33-29(39)23-11-4-18(3)37(30(23)40)21-8-5-19(31)6-9-21/h4-17H,1-3H3,(H,33,39)(H,35,38). The molecule has 3 aromatic heterocycles. The van der Waals surface area contributed by atoms with Crippen LogP contribution in [0.3, 0.4) is 0 Å². The normalized spacial score (nSPS) is 11.1. The molecule has 0 fully saturated rings. The maximum atomic E-state index is 14.9. The number of ether oxygens (including phenoxy) is 1. The van der Waals surface area contributed by atoms with Crippen LogP contribution in [-0.2, 0) is 4.79 Å². The third-order valence-electron chi connectivity index (χ3n) is 6.22. The Bertz CT molecular complexity index is 1840. The van der Waals surface area contributed by atoms with E-state index < -0.39 is 23.1 Å². The number of carbonyl (C=O) groups is 2. The molecule has 5 rings (SSSR count). The number of nitrogens with one attached hydrogen (secondary N) is 2. The van der Waals surface area contributed by atoms with Gasteiger partial charge in [0, 0.05) is 29.1 Å². The van der Waals surface area contributed by atoms with E-state index in [1.54, 1.807) is 55.8 Å². The fourth-order valence-corrected chi connectivity index (χ4v) is 4.06. The van der Waals surface area contributed by atoms with Gasteiger partial charge in [-0.15, -0.1) is 0 Å². The monoisotopic (exact) mass is 557 g/mol. The van der Waals surface area contributed by atoms with Gasteiger partial charge >= 0.3 is 0 Å². The van der Waals surface area contributed by atoms with Crippen LogP contribution in [0.25, 0.3) is 11.3 Å². The SMILES string of the molecule is Cc1ccc(C(=O)Nc2ccc(Oc3ccc4nc(NC(=O)C(C)C)cn4c3)c(F)c2)c(=O)n1-c1ccc(F)cc1. The average Bonchev–Trinajstić information content (AvgIpc) is 3.32. The summed E-state index contributed by atoms with van der Waals surface area (Å²) in [6.45, 7) is 5.24. The van der Waals surface area contributed by atoms with Crippen LogP contribution in [-0.4, -0.2) is 25.8 Å². The van der Waals surface area contributed by atoms with E-state index in [9.17, 15) is 23.2 Å². The van der Waals surface area contributed by atoms with E-state index >= 15 is 0 Å². The van der Waals surface area contributed by atoms with Gasteiger partial charge in [-0.2, -0.15) is 0 Å². The first-order valence-corrected chi connectivity index (χ1v) is 12.7. The quantitative estimate of drug-likeness (QED) is 0.267. The van der Waals surface area contributed by atoms with Crippen LogP contribution < -0.4 is 20.9 Å². The van der Waals surface area contributed by atoms with Crippen molar-refractivity contribution < 1.29 is 23.1 Å². The number of fused-ring (bicyclic) bond motifs is 1. The molecule has 41 heavy (non-hydrogen) atoms. The molecule has 2 amide bonds. The number of hydrogen-bond acceptors (Lipinski definition) is 5. The lowest BCUT2D eigenvalue weighted by Gasteiger charge is -2.13. The van der Waals surface area contributed by atoms with Crippen molar-refractivity contribution in [1.29, 1.82) is 0 Å². The molecule has 3 heterocycles. The molecule has 2 aromatic carbocycles. The molecule has 0 saturated heterocycles. The highest BCUT2D eigenvalue weighted by molar-refractivity contribution is 6.04. The molecule has 9 nitrogen and oxygen atoms in total. The van der Waals surface area contributed by atoms with Crippen LogP contribution in [0.15, 0.2) is 83.9 Å². The molecule has 0 unspecified atom stereocenters. The molecule has 0 bridgehead atoms. The van der Waals surface area contributed by atoms with E-state index in [-0.39, 0.29) is 28.8 Å². The number of imidazole rings is 1. The van der Waals surface area contributed by atoms with E-state index in [0.717, 1.165) is 6.07 Å². The number of pyridine rings is 2. The van der Waals surface area contributed by atoms with Gasteiger partial charge in [-0.25, -0.2) is 13.8 Å². The molecule has 0 radical (unpaired) electrons. The number of carbonyl (C=O) groups excluding carboxylic acids is 2. The molecule has 0 aliphatic carbocycles. The summed E-state index contributed by atoms with van der Waals surface area (Å²) in [4.78, 5) is 42.3. The zero-order valence-corrected chi connectivity index (χ0v) is 22.3. The van der Waals surface area contributed by atoms with Gasteiger partial charge in [-0.3, -0.25) is 19.0 Å². The Morgan fingerprint density at radius 1 is 0.927 bits per heavy atom. The number of aryl methyl sites for hydroxylation is 1. The summed E-state index contributed by atoms with van der Waals surface area (Å²) < 4.78 is 36.9. The summed E-state index contributed by atoms with van der Waals surface area (Å²) in [6.07, 6.45) is 3.21. The van der Waals surface area contributed by atoms with Gasteiger partial charge in [0.1, 0.15) is 22.8 Å². The minimum atomic E-state index is -0.744. The maximum absolute atomic E-state index is 14.9. The summed E-state index contributed by atoms with van der Waals surface area (Å²) >= 11 is 0. The van der Waals surface area contributed by atoms with E-state index in [1.165, 1.54) is 47.0 Å². The topological polar surface area (TPSA) is 107 Å². The minimum absolute atomic E-state index is 0.0928. The lowest BCUT2D eigenvalue weighted by atomic mass is 10.2. The summed E-state index contributed by atoms with van der Waals surface area (Å²) in [5.74, 6) is -1.70. The molecule has 11 heteroatoms. The van der Waals surface area contributed by atoms with Gasteiger partial charge in [0.05, 0.1) is 12.4 Å². The van der Waals surface area contributed by atoms with Crippen molar-refractivity contribution in [3.8, 4) is 17.2 Å². The van der Waals surface area contributed by atoms with Crippen LogP contribution in [0.5, 0.6) is 11.5 Å². The van der Waals surface area contributed by atoms with Gasteiger partial charge < -0.3 is 19.8 Å². The fourth-order valence-electron chi connectivity index (χ4n) is 4.06. The number of aromatic nitrogens is 3. The molecule has 0 spiro atoms. The van der Waals surface area contributed by atoms with Crippen molar-refractivity contribution in [3.63, 3.8) is 0 Å². The van der Waals surface area contributed by atoms with Crippen LogP contribution in [0.2, 0.25) is 0 Å². The van der Waals surface area contributed by atoms with Crippen molar-refractivity contribution in [2.75, 3.05) is 10.6 Å². The Labute approximate surface area is 233 Å². The molecule has 2 N–H and O–H groups in total. The first-order valence-electron chi connectivity index (χ1n) is 12.7. The average molecular weight is 558 g/mol. The smallest absolute Gasteiger partial charge is 0.268 e. The first kappa shape index (κ1) is 27.3. The second-order valence-electron chi connectivity index (χ2n) is 9.61. The zero-order valence-electron chi connectivity index (χ0n) is 22.3. The van der Waals surface area contributed by atoms with Crippen molar-refractivity contribution in [1.82, 2.24) is 14.0 Å². The summed E-state index contributed by atoms with van der Waals surface area (Å²) in [5, 5.41) is 5.26. The van der Waals surface area contributed by atoms with E-state index in [2.05, 4.69) is 15.6 Å². The third-order valence-corrected chi connectivity index (χ3v) is 6.22. The highest BCUT2D eigenvalue weighted by atomic mass is 19.1. The number of benzene rings is 2. The van der Waals surface area contributed by atoms with Crippen molar-refractivity contribution in [3.05, 3.63) is 112 Å². The molecule has 0 saturated carbocycles. The Morgan fingerprint density at radius 3 is 2.39 bits per heavy atom. The van der Waals surface area contributed by atoms with Crippen LogP contribution in [0.1, 0.15) is 29.9 Å². The molecular formula is C30H25F2N5O4. The predicted octanol–water partition coefficient (Wildman–Crippen LogP) is 5.71. The first-order chi connectivity index (χ1) is 19.6. The van der Waals surface area contributed by atoms with Gasteiger partial charge in [0.2, 0.25) is 5.91 Å². The fraction of sp³-hybridized carbons (Fsp3) is 0.133. The maximum Gasteiger partial charge on any atom is 0.268 e. The molecule has 5 aromatic rings. The van der Waals surface area contributed by atoms with E-state index in [4.69, 9.17) is 4.74 Å². The molecule has 208 valence electrons. The molecule has 0 aliphatic rings. The van der Waals surface area contributed by atoms with Crippen molar-refractivity contribution >= 4 is 29.0 Å².